The van der Waals surface area contributed by atoms with Crippen LogP contribution in [0.3, 0.4) is 0 Å². The highest BCUT2D eigenvalue weighted by Gasteiger charge is 2.33. The Kier molecular flexibility index (Phi) is 4.93. The first-order valence-corrected chi connectivity index (χ1v) is 5.80. The molecule has 1 atom stereocenters. The molecule has 1 aromatic heterocycles. The van der Waals surface area contributed by atoms with Crippen LogP contribution in [0.4, 0.5) is 24.9 Å². The van der Waals surface area contributed by atoms with E-state index in [1.165, 1.54) is 7.05 Å². The summed E-state index contributed by atoms with van der Waals surface area (Å²) in [6.07, 6.45) is -5.20. The SMILES string of the molecule is CNc1nc(NCC(O)C(C)C)cc(C(F)(F)F)n1. The van der Waals surface area contributed by atoms with Crippen molar-refractivity contribution in [2.45, 2.75) is 26.1 Å². The van der Waals surface area contributed by atoms with Crippen LogP contribution >= 0.6 is 0 Å². The van der Waals surface area contributed by atoms with Crippen molar-refractivity contribution in [3.63, 3.8) is 0 Å². The van der Waals surface area contributed by atoms with E-state index in [-0.39, 0.29) is 24.2 Å². The van der Waals surface area contributed by atoms with Crippen LogP contribution < -0.4 is 10.6 Å². The zero-order chi connectivity index (χ0) is 14.6. The fraction of sp³-hybridized carbons (Fsp3) is 0.636. The highest BCUT2D eigenvalue weighted by atomic mass is 19.4. The standard InChI is InChI=1S/C11H17F3N4O/c1-6(2)7(19)5-16-9-4-8(11(12,13)14)17-10(15-3)18-9/h4,6-7,19H,5H2,1-3H3,(H2,15,16,17,18). The van der Waals surface area contributed by atoms with Crippen molar-refractivity contribution in [3.05, 3.63) is 11.8 Å². The van der Waals surface area contributed by atoms with Gasteiger partial charge in [-0.25, -0.2) is 4.98 Å². The highest BCUT2D eigenvalue weighted by molar-refractivity contribution is 5.42. The minimum Gasteiger partial charge on any atom is -0.391 e. The van der Waals surface area contributed by atoms with Gasteiger partial charge in [0.1, 0.15) is 5.82 Å². The molecular weight excluding hydrogens is 261 g/mol. The zero-order valence-corrected chi connectivity index (χ0v) is 10.9. The Morgan fingerprint density at radius 3 is 2.42 bits per heavy atom. The number of nitrogens with one attached hydrogen (secondary N) is 2. The van der Waals surface area contributed by atoms with Crippen LogP contribution in [0.15, 0.2) is 6.07 Å². The van der Waals surface area contributed by atoms with Crippen LogP contribution in [-0.4, -0.2) is 34.8 Å². The van der Waals surface area contributed by atoms with E-state index in [1.54, 1.807) is 0 Å². The third-order valence-electron chi connectivity index (χ3n) is 2.50. The number of hydrogen-bond acceptors (Lipinski definition) is 5. The quantitative estimate of drug-likeness (QED) is 0.768. The fourth-order valence-electron chi connectivity index (χ4n) is 1.24. The number of nitrogens with zero attached hydrogens (tertiary/aromatic N) is 2. The van der Waals surface area contributed by atoms with Gasteiger partial charge in [0, 0.05) is 19.7 Å². The Morgan fingerprint density at radius 2 is 1.95 bits per heavy atom. The first-order valence-electron chi connectivity index (χ1n) is 5.80. The summed E-state index contributed by atoms with van der Waals surface area (Å²) in [4.78, 5) is 7.19. The van der Waals surface area contributed by atoms with Crippen molar-refractivity contribution >= 4 is 11.8 Å². The summed E-state index contributed by atoms with van der Waals surface area (Å²) in [5, 5.41) is 14.7. The van der Waals surface area contributed by atoms with Crippen LogP contribution in [0.5, 0.6) is 0 Å². The van der Waals surface area contributed by atoms with Crippen molar-refractivity contribution in [3.8, 4) is 0 Å². The monoisotopic (exact) mass is 278 g/mol. The number of hydrogen-bond donors (Lipinski definition) is 3. The number of halogens is 3. The molecule has 0 aromatic carbocycles. The summed E-state index contributed by atoms with van der Waals surface area (Å²) in [5.74, 6) is -0.108. The fourth-order valence-corrected chi connectivity index (χ4v) is 1.24. The summed E-state index contributed by atoms with van der Waals surface area (Å²) in [6.45, 7) is 3.74. The molecule has 19 heavy (non-hydrogen) atoms. The van der Waals surface area contributed by atoms with E-state index in [4.69, 9.17) is 0 Å². The first-order chi connectivity index (χ1) is 8.74. The van der Waals surface area contributed by atoms with Gasteiger partial charge in [-0.3, -0.25) is 0 Å². The van der Waals surface area contributed by atoms with Crippen molar-refractivity contribution in [2.75, 3.05) is 24.2 Å². The molecule has 5 nitrogen and oxygen atoms in total. The molecule has 0 aliphatic rings. The van der Waals surface area contributed by atoms with E-state index in [0.29, 0.717) is 0 Å². The van der Waals surface area contributed by atoms with E-state index in [9.17, 15) is 18.3 Å². The lowest BCUT2D eigenvalue weighted by atomic mass is 10.1. The van der Waals surface area contributed by atoms with Gasteiger partial charge in [-0.2, -0.15) is 18.2 Å². The van der Waals surface area contributed by atoms with Crippen molar-refractivity contribution in [1.82, 2.24) is 9.97 Å². The zero-order valence-electron chi connectivity index (χ0n) is 10.9. The van der Waals surface area contributed by atoms with Gasteiger partial charge >= 0.3 is 6.18 Å². The molecule has 0 amide bonds. The molecule has 0 radical (unpaired) electrons. The molecule has 0 aliphatic heterocycles. The molecule has 0 saturated heterocycles. The molecule has 3 N–H and O–H groups in total. The molecule has 0 bridgehead atoms. The van der Waals surface area contributed by atoms with Crippen LogP contribution in [0.2, 0.25) is 0 Å². The second-order valence-electron chi connectivity index (χ2n) is 4.40. The van der Waals surface area contributed by atoms with Gasteiger partial charge in [0.15, 0.2) is 5.69 Å². The Balaban J connectivity index is 2.89. The van der Waals surface area contributed by atoms with Gasteiger partial charge in [0.25, 0.3) is 0 Å². The Morgan fingerprint density at radius 1 is 1.32 bits per heavy atom. The van der Waals surface area contributed by atoms with Gasteiger partial charge < -0.3 is 15.7 Å². The van der Waals surface area contributed by atoms with Gasteiger partial charge in [-0.05, 0) is 5.92 Å². The van der Waals surface area contributed by atoms with Crippen LogP contribution in [-0.2, 0) is 6.18 Å². The van der Waals surface area contributed by atoms with Crippen molar-refractivity contribution < 1.29 is 18.3 Å². The van der Waals surface area contributed by atoms with Gasteiger partial charge in [-0.1, -0.05) is 13.8 Å². The molecule has 1 aromatic rings. The lowest BCUT2D eigenvalue weighted by Gasteiger charge is -2.16. The minimum absolute atomic E-state index is 0.000180. The molecule has 8 heteroatoms. The lowest BCUT2D eigenvalue weighted by Crippen LogP contribution is -2.25. The van der Waals surface area contributed by atoms with E-state index in [0.717, 1.165) is 6.07 Å². The van der Waals surface area contributed by atoms with Gasteiger partial charge in [0.05, 0.1) is 6.10 Å². The summed E-state index contributed by atoms with van der Waals surface area (Å²) >= 11 is 0. The van der Waals surface area contributed by atoms with Crippen molar-refractivity contribution in [1.29, 1.82) is 0 Å². The Labute approximate surface area is 109 Å². The normalized spacial score (nSPS) is 13.5. The van der Waals surface area contributed by atoms with E-state index < -0.39 is 18.0 Å². The van der Waals surface area contributed by atoms with Crippen LogP contribution in [0.25, 0.3) is 0 Å². The molecule has 108 valence electrons. The Bertz CT molecular complexity index is 423. The maximum atomic E-state index is 12.6. The minimum atomic E-state index is -4.54. The number of anilines is 2. The summed E-state index contributed by atoms with van der Waals surface area (Å²) in [7, 11) is 1.43. The molecular formula is C11H17F3N4O. The van der Waals surface area contributed by atoms with E-state index in [1.807, 2.05) is 13.8 Å². The number of aromatic nitrogens is 2. The number of alkyl halides is 3. The largest absolute Gasteiger partial charge is 0.433 e. The summed E-state index contributed by atoms with van der Waals surface area (Å²) in [5.41, 5.74) is -1.03. The number of rotatable bonds is 5. The molecule has 1 unspecified atom stereocenters. The molecule has 0 saturated carbocycles. The van der Waals surface area contributed by atoms with Crippen molar-refractivity contribution in [2.24, 2.45) is 5.92 Å². The van der Waals surface area contributed by atoms with Gasteiger partial charge in [0.2, 0.25) is 5.95 Å². The second kappa shape index (κ2) is 6.05. The molecule has 1 heterocycles. The van der Waals surface area contributed by atoms with Gasteiger partial charge in [-0.15, -0.1) is 0 Å². The lowest BCUT2D eigenvalue weighted by molar-refractivity contribution is -0.141. The predicted molar refractivity (Wildman–Crippen MR) is 65.9 cm³/mol. The molecule has 0 aliphatic carbocycles. The first kappa shape index (κ1) is 15.5. The number of aliphatic hydroxyl groups is 1. The average molecular weight is 278 g/mol. The second-order valence-corrected chi connectivity index (χ2v) is 4.40. The Hall–Kier alpha value is -1.57. The smallest absolute Gasteiger partial charge is 0.391 e. The van der Waals surface area contributed by atoms with E-state index >= 15 is 0 Å². The number of aliphatic hydroxyl groups excluding tert-OH is 1. The maximum absolute atomic E-state index is 12.6. The molecule has 0 fully saturated rings. The van der Waals surface area contributed by atoms with E-state index in [2.05, 4.69) is 20.6 Å². The summed E-state index contributed by atoms with van der Waals surface area (Å²) < 4.78 is 37.8. The third kappa shape index (κ3) is 4.55. The highest BCUT2D eigenvalue weighted by Crippen LogP contribution is 2.29. The predicted octanol–water partition coefficient (Wildman–Crippen LogP) is 1.97. The molecule has 0 spiro atoms. The average Bonchev–Trinajstić information content (AvgIpc) is 2.34. The third-order valence-corrected chi connectivity index (χ3v) is 2.50. The topological polar surface area (TPSA) is 70.1 Å². The maximum Gasteiger partial charge on any atom is 0.433 e. The van der Waals surface area contributed by atoms with Crippen LogP contribution in [0, 0.1) is 5.92 Å². The summed E-state index contributed by atoms with van der Waals surface area (Å²) in [6, 6.07) is 0.813. The van der Waals surface area contributed by atoms with Crippen LogP contribution in [0.1, 0.15) is 19.5 Å². The molecule has 1 rings (SSSR count).